The highest BCUT2D eigenvalue weighted by Crippen LogP contribution is 2.36. The monoisotopic (exact) mass is 450 g/mol. The first-order valence-corrected chi connectivity index (χ1v) is 9.45. The number of aliphatic hydroxyl groups is 7. The van der Waals surface area contributed by atoms with Gasteiger partial charge in [0.05, 0.1) is 6.61 Å². The van der Waals surface area contributed by atoms with Gasteiger partial charge in [0.1, 0.15) is 53.4 Å². The molecule has 0 spiro atoms. The highest BCUT2D eigenvalue weighted by Gasteiger charge is 2.61. The average Bonchev–Trinajstić information content (AvgIpc) is 2.76. The van der Waals surface area contributed by atoms with Gasteiger partial charge in [-0.05, 0) is 23.8 Å². The molecule has 11 nitrogen and oxygen atoms in total. The lowest BCUT2D eigenvalue weighted by Gasteiger charge is -2.45. The Balaban J connectivity index is 2.02. The van der Waals surface area contributed by atoms with Gasteiger partial charge in [0.2, 0.25) is 17.2 Å². The summed E-state index contributed by atoms with van der Waals surface area (Å²) >= 11 is 0. The zero-order chi connectivity index (χ0) is 23.8. The van der Waals surface area contributed by atoms with Gasteiger partial charge in [0, 0.05) is 6.08 Å². The van der Waals surface area contributed by atoms with Gasteiger partial charge in [-0.3, -0.25) is 9.59 Å². The van der Waals surface area contributed by atoms with Gasteiger partial charge in [0.15, 0.2) is 0 Å². The summed E-state index contributed by atoms with van der Waals surface area (Å²) in [6.07, 6.45) is -6.81. The van der Waals surface area contributed by atoms with Gasteiger partial charge >= 0.3 is 0 Å². The fraction of sp³-hybridized carbons (Fsp3) is 0.333. The topological polar surface area (TPSA) is 205 Å². The lowest BCUT2D eigenvalue weighted by atomic mass is 9.74. The van der Waals surface area contributed by atoms with Gasteiger partial charge < -0.3 is 45.6 Å². The molecule has 1 heterocycles. The Kier molecular flexibility index (Phi) is 6.51. The van der Waals surface area contributed by atoms with Crippen molar-refractivity contribution in [3.05, 3.63) is 59.1 Å². The molecule has 32 heavy (non-hydrogen) atoms. The van der Waals surface area contributed by atoms with Crippen molar-refractivity contribution in [1.29, 1.82) is 0 Å². The number of rotatable bonds is 4. The summed E-state index contributed by atoms with van der Waals surface area (Å²) in [7, 11) is 0. The molecule has 1 aliphatic carbocycles. The van der Waals surface area contributed by atoms with Crippen LogP contribution >= 0.6 is 0 Å². The molecule has 6 atom stereocenters. The Morgan fingerprint density at radius 1 is 1.03 bits per heavy atom. The van der Waals surface area contributed by atoms with Crippen LogP contribution in [0.25, 0.3) is 6.08 Å². The first kappa shape index (κ1) is 23.6. The number of aromatic hydroxyl groups is 1. The van der Waals surface area contributed by atoms with Crippen LogP contribution in [0.5, 0.6) is 5.75 Å². The lowest BCUT2D eigenvalue weighted by Crippen LogP contribution is -2.70. The maximum absolute atomic E-state index is 13.0. The number of phenols is 1. The normalized spacial score (nSPS) is 35.2. The van der Waals surface area contributed by atoms with Gasteiger partial charge in [-0.25, -0.2) is 0 Å². The third-order valence-electron chi connectivity index (χ3n) is 5.36. The molecule has 0 saturated carbocycles. The van der Waals surface area contributed by atoms with Crippen molar-refractivity contribution in [2.75, 3.05) is 6.61 Å². The van der Waals surface area contributed by atoms with Gasteiger partial charge in [-0.2, -0.15) is 0 Å². The second kappa shape index (κ2) is 8.82. The summed E-state index contributed by atoms with van der Waals surface area (Å²) in [5.41, 5.74) is -3.56. The van der Waals surface area contributed by atoms with Crippen LogP contribution in [-0.4, -0.2) is 95.1 Å². The number of Topliss-reactive ketones (excluding diaryl/α,β-unsaturated/α-hetero) is 1. The first-order valence-electron chi connectivity index (χ1n) is 9.45. The molecule has 1 aromatic rings. The van der Waals surface area contributed by atoms with E-state index >= 15 is 0 Å². The predicted molar refractivity (Wildman–Crippen MR) is 106 cm³/mol. The quantitative estimate of drug-likeness (QED) is 0.149. The Bertz CT molecular complexity index is 992. The van der Waals surface area contributed by atoms with Gasteiger partial charge in [0.25, 0.3) is 0 Å². The van der Waals surface area contributed by atoms with Crippen molar-refractivity contribution in [2.45, 2.75) is 36.1 Å². The number of carbonyl (C=O) groups is 2. The van der Waals surface area contributed by atoms with E-state index in [0.717, 1.165) is 6.08 Å². The molecule has 0 radical (unpaired) electrons. The lowest BCUT2D eigenvalue weighted by molar-refractivity contribution is -0.260. The second-order valence-corrected chi connectivity index (χ2v) is 7.42. The van der Waals surface area contributed by atoms with E-state index < -0.39 is 71.4 Å². The van der Waals surface area contributed by atoms with E-state index in [-0.39, 0.29) is 5.75 Å². The van der Waals surface area contributed by atoms with Gasteiger partial charge in [-0.1, -0.05) is 18.2 Å². The van der Waals surface area contributed by atoms with E-state index in [1.165, 1.54) is 30.3 Å². The number of allylic oxidation sites excluding steroid dienone is 2. The minimum Gasteiger partial charge on any atom is -0.508 e. The van der Waals surface area contributed by atoms with E-state index in [9.17, 15) is 50.4 Å². The molecule has 0 bridgehead atoms. The zero-order valence-electron chi connectivity index (χ0n) is 16.4. The Labute approximate surface area is 181 Å². The number of hydrogen-bond donors (Lipinski definition) is 8. The molecule has 1 fully saturated rings. The molecule has 0 aromatic heterocycles. The van der Waals surface area contributed by atoms with Crippen LogP contribution in [0, 0.1) is 0 Å². The number of aliphatic hydroxyl groups excluding tert-OH is 6. The summed E-state index contributed by atoms with van der Waals surface area (Å²) in [6, 6.07) is 5.69. The van der Waals surface area contributed by atoms with E-state index in [2.05, 4.69) is 0 Å². The van der Waals surface area contributed by atoms with Crippen molar-refractivity contribution in [3.63, 3.8) is 0 Å². The summed E-state index contributed by atoms with van der Waals surface area (Å²) in [5, 5.41) is 80.2. The SMILES string of the molecule is O=C1C=C(O)/C(=C(O)/C=C/c2ccc(O)cc2)C(=O)[C@]1(O)[C@@H]1O[C@H](CO)[C@@H](O)[C@H](O)[C@H]1O. The molecular weight excluding hydrogens is 428 g/mol. The minimum absolute atomic E-state index is 0.00383. The Morgan fingerprint density at radius 3 is 2.25 bits per heavy atom. The second-order valence-electron chi connectivity index (χ2n) is 7.42. The smallest absolute Gasteiger partial charge is 0.219 e. The summed E-state index contributed by atoms with van der Waals surface area (Å²) in [5.74, 6) is -4.73. The molecule has 11 heteroatoms. The molecule has 8 N–H and O–H groups in total. The van der Waals surface area contributed by atoms with Crippen LogP contribution < -0.4 is 0 Å². The number of hydrogen-bond acceptors (Lipinski definition) is 11. The van der Waals surface area contributed by atoms with Crippen molar-refractivity contribution in [3.8, 4) is 5.75 Å². The van der Waals surface area contributed by atoms with E-state index in [0.29, 0.717) is 11.6 Å². The van der Waals surface area contributed by atoms with Crippen LogP contribution in [0.3, 0.4) is 0 Å². The van der Waals surface area contributed by atoms with Crippen LogP contribution in [0.4, 0.5) is 0 Å². The molecule has 1 aliphatic heterocycles. The number of carbonyl (C=O) groups excluding carboxylic acids is 2. The van der Waals surface area contributed by atoms with Crippen molar-refractivity contribution < 1.29 is 55.2 Å². The molecule has 0 amide bonds. The average molecular weight is 450 g/mol. The zero-order valence-corrected chi connectivity index (χ0v) is 16.4. The van der Waals surface area contributed by atoms with Crippen LogP contribution in [0.1, 0.15) is 5.56 Å². The Hall–Kier alpha value is -3.06. The molecular formula is C21H22O11. The minimum atomic E-state index is -3.18. The summed E-state index contributed by atoms with van der Waals surface area (Å²) < 4.78 is 5.16. The molecule has 1 saturated heterocycles. The molecule has 1 aromatic carbocycles. The summed E-state index contributed by atoms with van der Waals surface area (Å²) in [6.45, 7) is -0.871. The van der Waals surface area contributed by atoms with E-state index in [1.807, 2.05) is 0 Å². The first-order chi connectivity index (χ1) is 15.0. The van der Waals surface area contributed by atoms with E-state index in [1.54, 1.807) is 0 Å². The highest BCUT2D eigenvalue weighted by molar-refractivity contribution is 6.25. The number of ether oxygens (including phenoxy) is 1. The molecule has 3 rings (SSSR count). The van der Waals surface area contributed by atoms with Crippen molar-refractivity contribution >= 4 is 17.6 Å². The maximum Gasteiger partial charge on any atom is 0.219 e. The van der Waals surface area contributed by atoms with Crippen molar-refractivity contribution in [1.82, 2.24) is 0 Å². The molecule has 172 valence electrons. The molecule has 0 unspecified atom stereocenters. The molecule has 2 aliphatic rings. The number of phenolic OH excluding ortho intramolecular Hbond substituents is 1. The standard InChI is InChI=1S/C21H22O11/c22-8-13-16(27)17(28)18(29)20(32-13)21(31)14(26)7-12(25)15(19(21)30)11(24)6-3-9-1-4-10(23)5-2-9/h1-7,13,16-18,20,22-25,27-29,31H,8H2/b6-3+,15-11+/t13-,16-,17+,18-,20-,21+/m1/s1. The van der Waals surface area contributed by atoms with Gasteiger partial charge in [-0.15, -0.1) is 0 Å². The largest absolute Gasteiger partial charge is 0.508 e. The van der Waals surface area contributed by atoms with Crippen LogP contribution in [-0.2, 0) is 14.3 Å². The van der Waals surface area contributed by atoms with Crippen LogP contribution in [0.2, 0.25) is 0 Å². The fourth-order valence-corrected chi connectivity index (χ4v) is 3.53. The maximum atomic E-state index is 13.0. The fourth-order valence-electron chi connectivity index (χ4n) is 3.53. The number of benzene rings is 1. The van der Waals surface area contributed by atoms with E-state index in [4.69, 9.17) is 4.74 Å². The van der Waals surface area contributed by atoms with Crippen molar-refractivity contribution in [2.24, 2.45) is 0 Å². The van der Waals surface area contributed by atoms with Crippen LogP contribution in [0.15, 0.2) is 53.5 Å². The number of ketones is 2. The summed E-state index contributed by atoms with van der Waals surface area (Å²) in [4.78, 5) is 25.5. The predicted octanol–water partition coefficient (Wildman–Crippen LogP) is -1.62. The highest BCUT2D eigenvalue weighted by atomic mass is 16.6. The third kappa shape index (κ3) is 3.93. The Morgan fingerprint density at radius 2 is 1.66 bits per heavy atom. The third-order valence-corrected chi connectivity index (χ3v) is 5.36.